The summed E-state index contributed by atoms with van der Waals surface area (Å²) in [5, 5.41) is 0. The lowest BCUT2D eigenvalue weighted by atomic mass is 9.85. The van der Waals surface area contributed by atoms with E-state index in [0.29, 0.717) is 0 Å². The van der Waals surface area contributed by atoms with Gasteiger partial charge in [0.1, 0.15) is 0 Å². The van der Waals surface area contributed by atoms with Crippen LogP contribution in [0.3, 0.4) is 0 Å². The molecule has 1 unspecified atom stereocenters. The third kappa shape index (κ3) is 4.80. The summed E-state index contributed by atoms with van der Waals surface area (Å²) < 4.78 is 0. The highest BCUT2D eigenvalue weighted by molar-refractivity contribution is 5.15. The molecule has 1 nitrogen and oxygen atoms in total. The van der Waals surface area contributed by atoms with Crippen molar-refractivity contribution in [3.63, 3.8) is 0 Å². The van der Waals surface area contributed by atoms with Crippen LogP contribution in [0.1, 0.15) is 38.7 Å². The minimum absolute atomic E-state index is 0.762. The van der Waals surface area contributed by atoms with Crippen molar-refractivity contribution in [1.82, 2.24) is 0 Å². The molecule has 0 aliphatic heterocycles. The van der Waals surface area contributed by atoms with Crippen molar-refractivity contribution in [2.45, 2.75) is 39.5 Å². The predicted octanol–water partition coefficient (Wildman–Crippen LogP) is 3.63. The highest BCUT2D eigenvalue weighted by atomic mass is 14.5. The summed E-state index contributed by atoms with van der Waals surface area (Å²) in [4.78, 5) is 0. The molecule has 0 bridgehead atoms. The number of unbranched alkanes of at least 4 members (excludes halogenated alkanes) is 1. The average molecular weight is 219 g/mol. The number of rotatable bonds is 7. The van der Waals surface area contributed by atoms with Crippen LogP contribution in [0.25, 0.3) is 0 Å². The van der Waals surface area contributed by atoms with Crippen LogP contribution in [0.5, 0.6) is 0 Å². The molecule has 1 heteroatoms. The van der Waals surface area contributed by atoms with Crippen LogP contribution < -0.4 is 5.73 Å². The van der Waals surface area contributed by atoms with Gasteiger partial charge in [0.05, 0.1) is 0 Å². The normalized spacial score (nSPS) is 13.0. The van der Waals surface area contributed by atoms with E-state index in [1.807, 2.05) is 0 Å². The van der Waals surface area contributed by atoms with Gasteiger partial charge in [0.25, 0.3) is 0 Å². The second-order valence-electron chi connectivity index (χ2n) is 4.98. The molecule has 0 aliphatic carbocycles. The summed E-state index contributed by atoms with van der Waals surface area (Å²) in [6, 6.07) is 10.8. The molecule has 0 fully saturated rings. The molecule has 16 heavy (non-hydrogen) atoms. The fourth-order valence-corrected chi connectivity index (χ4v) is 2.14. The molecule has 1 atom stereocenters. The standard InChI is InChI=1S/C15H25N/c1-13(2)15(10-6-7-11-16)12-14-8-4-3-5-9-14/h3-5,8-9,13,15H,6-7,10-12,16H2,1-2H3. The van der Waals surface area contributed by atoms with Crippen LogP contribution in [0.4, 0.5) is 0 Å². The summed E-state index contributed by atoms with van der Waals surface area (Å²) in [5.74, 6) is 1.56. The molecule has 0 aromatic heterocycles. The minimum Gasteiger partial charge on any atom is -0.330 e. The highest BCUT2D eigenvalue weighted by Crippen LogP contribution is 2.22. The summed E-state index contributed by atoms with van der Waals surface area (Å²) in [5.41, 5.74) is 7.01. The predicted molar refractivity (Wildman–Crippen MR) is 71.4 cm³/mol. The topological polar surface area (TPSA) is 26.0 Å². The smallest absolute Gasteiger partial charge is 0.00773 e. The van der Waals surface area contributed by atoms with Gasteiger partial charge in [-0.1, -0.05) is 50.6 Å². The van der Waals surface area contributed by atoms with Gasteiger partial charge >= 0.3 is 0 Å². The Balaban J connectivity index is 2.45. The zero-order chi connectivity index (χ0) is 11.8. The first kappa shape index (κ1) is 13.2. The SMILES string of the molecule is CC(C)C(CCCCN)Cc1ccccc1. The first-order valence-corrected chi connectivity index (χ1v) is 6.48. The van der Waals surface area contributed by atoms with E-state index in [4.69, 9.17) is 5.73 Å². The molecule has 0 spiro atoms. The van der Waals surface area contributed by atoms with E-state index in [1.165, 1.54) is 24.8 Å². The van der Waals surface area contributed by atoms with Crippen LogP contribution in [0, 0.1) is 11.8 Å². The molecular weight excluding hydrogens is 194 g/mol. The number of benzene rings is 1. The van der Waals surface area contributed by atoms with Crippen LogP contribution >= 0.6 is 0 Å². The van der Waals surface area contributed by atoms with Crippen molar-refractivity contribution >= 4 is 0 Å². The lowest BCUT2D eigenvalue weighted by molar-refractivity contribution is 0.346. The van der Waals surface area contributed by atoms with E-state index in [1.54, 1.807) is 0 Å². The van der Waals surface area contributed by atoms with Gasteiger partial charge in [0.2, 0.25) is 0 Å². The molecule has 2 N–H and O–H groups in total. The third-order valence-corrected chi connectivity index (χ3v) is 3.31. The Bertz CT molecular complexity index is 266. The molecule has 1 aromatic carbocycles. The fraction of sp³-hybridized carbons (Fsp3) is 0.600. The molecule has 90 valence electrons. The van der Waals surface area contributed by atoms with Crippen LogP contribution in [0.2, 0.25) is 0 Å². The van der Waals surface area contributed by atoms with Crippen molar-refractivity contribution < 1.29 is 0 Å². The van der Waals surface area contributed by atoms with E-state index in [-0.39, 0.29) is 0 Å². The van der Waals surface area contributed by atoms with Gasteiger partial charge in [0.15, 0.2) is 0 Å². The van der Waals surface area contributed by atoms with Crippen LogP contribution in [0.15, 0.2) is 30.3 Å². The van der Waals surface area contributed by atoms with E-state index in [9.17, 15) is 0 Å². The van der Waals surface area contributed by atoms with E-state index in [0.717, 1.165) is 24.8 Å². The number of hydrogen-bond acceptors (Lipinski definition) is 1. The Morgan fingerprint density at radius 1 is 1.06 bits per heavy atom. The zero-order valence-electron chi connectivity index (χ0n) is 10.7. The molecule has 0 amide bonds. The molecule has 0 saturated heterocycles. The van der Waals surface area contributed by atoms with Crippen molar-refractivity contribution in [2.75, 3.05) is 6.54 Å². The Labute approximate surface area is 100 Å². The molecule has 0 heterocycles. The van der Waals surface area contributed by atoms with Gasteiger partial charge in [-0.3, -0.25) is 0 Å². The van der Waals surface area contributed by atoms with Gasteiger partial charge in [-0.05, 0) is 43.2 Å². The van der Waals surface area contributed by atoms with Gasteiger partial charge in [0, 0.05) is 0 Å². The Kier molecular flexibility index (Phi) is 6.17. The minimum atomic E-state index is 0.762. The van der Waals surface area contributed by atoms with Crippen molar-refractivity contribution in [3.05, 3.63) is 35.9 Å². The van der Waals surface area contributed by atoms with Crippen molar-refractivity contribution in [3.8, 4) is 0 Å². The lowest BCUT2D eigenvalue weighted by Gasteiger charge is -2.20. The molecule has 1 aromatic rings. The number of nitrogens with two attached hydrogens (primary N) is 1. The van der Waals surface area contributed by atoms with E-state index < -0.39 is 0 Å². The quantitative estimate of drug-likeness (QED) is 0.696. The lowest BCUT2D eigenvalue weighted by Crippen LogP contribution is -2.12. The monoisotopic (exact) mass is 219 g/mol. The summed E-state index contributed by atoms with van der Waals surface area (Å²) in [6.45, 7) is 5.49. The van der Waals surface area contributed by atoms with E-state index in [2.05, 4.69) is 44.2 Å². The second kappa shape index (κ2) is 7.45. The van der Waals surface area contributed by atoms with Gasteiger partial charge in [-0.15, -0.1) is 0 Å². The van der Waals surface area contributed by atoms with Crippen LogP contribution in [-0.4, -0.2) is 6.54 Å². The molecule has 0 saturated carbocycles. The molecule has 0 radical (unpaired) electrons. The van der Waals surface area contributed by atoms with Crippen LogP contribution in [-0.2, 0) is 6.42 Å². The van der Waals surface area contributed by atoms with Gasteiger partial charge in [-0.2, -0.15) is 0 Å². The molecule has 1 rings (SSSR count). The Morgan fingerprint density at radius 3 is 2.31 bits per heavy atom. The third-order valence-electron chi connectivity index (χ3n) is 3.31. The van der Waals surface area contributed by atoms with Crippen molar-refractivity contribution in [2.24, 2.45) is 17.6 Å². The van der Waals surface area contributed by atoms with Gasteiger partial charge in [-0.25, -0.2) is 0 Å². The fourth-order valence-electron chi connectivity index (χ4n) is 2.14. The maximum Gasteiger partial charge on any atom is -0.00773 e. The second-order valence-corrected chi connectivity index (χ2v) is 4.98. The summed E-state index contributed by atoms with van der Waals surface area (Å²) in [6.07, 6.45) is 4.96. The maximum atomic E-state index is 5.54. The first-order valence-electron chi connectivity index (χ1n) is 6.48. The summed E-state index contributed by atoms with van der Waals surface area (Å²) >= 11 is 0. The molecular formula is C15H25N. The Hall–Kier alpha value is -0.820. The maximum absolute atomic E-state index is 5.54. The number of hydrogen-bond donors (Lipinski definition) is 1. The zero-order valence-corrected chi connectivity index (χ0v) is 10.7. The largest absolute Gasteiger partial charge is 0.330 e. The van der Waals surface area contributed by atoms with E-state index >= 15 is 0 Å². The highest BCUT2D eigenvalue weighted by Gasteiger charge is 2.13. The van der Waals surface area contributed by atoms with Crippen molar-refractivity contribution in [1.29, 1.82) is 0 Å². The Morgan fingerprint density at radius 2 is 1.75 bits per heavy atom. The molecule has 0 aliphatic rings. The first-order chi connectivity index (χ1) is 7.74. The van der Waals surface area contributed by atoms with Gasteiger partial charge < -0.3 is 5.73 Å². The summed E-state index contributed by atoms with van der Waals surface area (Å²) in [7, 11) is 0. The average Bonchev–Trinajstić information content (AvgIpc) is 2.29.